The molecule has 17 heavy (non-hydrogen) atoms. The molecule has 2 saturated carbocycles. The first-order valence-electron chi connectivity index (χ1n) is 7.39. The summed E-state index contributed by atoms with van der Waals surface area (Å²) in [4.78, 5) is 2.54. The third kappa shape index (κ3) is 2.13. The minimum absolute atomic E-state index is 0.0841. The van der Waals surface area contributed by atoms with Crippen LogP contribution >= 0.6 is 0 Å². The van der Waals surface area contributed by atoms with Gasteiger partial charge in [0.2, 0.25) is 0 Å². The van der Waals surface area contributed by atoms with E-state index in [2.05, 4.69) is 4.90 Å². The second-order valence-corrected chi connectivity index (χ2v) is 6.18. The molecule has 3 nitrogen and oxygen atoms in total. The molecule has 0 amide bonds. The van der Waals surface area contributed by atoms with Crippen LogP contribution in [0, 0.1) is 5.92 Å². The average molecular weight is 239 g/mol. The van der Waals surface area contributed by atoms with Gasteiger partial charge < -0.3 is 10.2 Å². The molecule has 0 aromatic carbocycles. The molecular weight excluding hydrogens is 214 g/mol. The first-order valence-corrected chi connectivity index (χ1v) is 7.39. The monoisotopic (exact) mass is 239 g/mol. The van der Waals surface area contributed by atoms with Gasteiger partial charge in [-0.25, -0.2) is 0 Å². The van der Waals surface area contributed by atoms with Crippen molar-refractivity contribution in [2.45, 2.75) is 75.7 Å². The van der Waals surface area contributed by atoms with Crippen molar-refractivity contribution in [3.05, 3.63) is 0 Å². The molecule has 0 aromatic rings. The lowest BCUT2D eigenvalue weighted by molar-refractivity contribution is 0.0193. The highest BCUT2D eigenvalue weighted by Crippen LogP contribution is 2.39. The predicted molar refractivity (Wildman–Crippen MR) is 66.7 cm³/mol. The van der Waals surface area contributed by atoms with E-state index in [1.54, 1.807) is 0 Å². The molecule has 3 heteroatoms. The van der Waals surface area contributed by atoms with Crippen LogP contribution in [0.5, 0.6) is 0 Å². The molecule has 98 valence electrons. The zero-order valence-corrected chi connectivity index (χ0v) is 10.6. The minimum atomic E-state index is -0.117. The van der Waals surface area contributed by atoms with Crippen LogP contribution in [0.15, 0.2) is 0 Å². The molecule has 3 rings (SSSR count). The maximum absolute atomic E-state index is 10.1. The van der Waals surface area contributed by atoms with Crippen LogP contribution in [0.25, 0.3) is 0 Å². The lowest BCUT2D eigenvalue weighted by Gasteiger charge is -2.36. The van der Waals surface area contributed by atoms with Gasteiger partial charge in [0.25, 0.3) is 0 Å². The fourth-order valence-electron chi connectivity index (χ4n) is 4.41. The van der Waals surface area contributed by atoms with E-state index in [-0.39, 0.29) is 12.2 Å². The highest BCUT2D eigenvalue weighted by molar-refractivity contribution is 4.97. The van der Waals surface area contributed by atoms with E-state index in [9.17, 15) is 10.2 Å². The Bertz CT molecular complexity index is 245. The SMILES string of the molecule is OC1CCCC1C1CCCN1C1CCCC1O. The summed E-state index contributed by atoms with van der Waals surface area (Å²) in [5.41, 5.74) is 0. The molecule has 5 unspecified atom stereocenters. The number of hydrogen-bond donors (Lipinski definition) is 2. The Hall–Kier alpha value is -0.120. The van der Waals surface area contributed by atoms with E-state index in [4.69, 9.17) is 0 Å². The Morgan fingerprint density at radius 1 is 0.706 bits per heavy atom. The number of nitrogens with zero attached hydrogens (tertiary/aromatic N) is 1. The third-order valence-electron chi connectivity index (χ3n) is 5.24. The summed E-state index contributed by atoms with van der Waals surface area (Å²) in [6.07, 6.45) is 8.93. The van der Waals surface area contributed by atoms with Crippen molar-refractivity contribution < 1.29 is 10.2 Å². The maximum atomic E-state index is 10.1. The molecule has 0 aromatic heterocycles. The smallest absolute Gasteiger partial charge is 0.0695 e. The fraction of sp³-hybridized carbons (Fsp3) is 1.00. The molecular formula is C14H25NO2. The molecule has 0 bridgehead atoms. The average Bonchev–Trinajstić information content (AvgIpc) is 2.97. The summed E-state index contributed by atoms with van der Waals surface area (Å²) in [6.45, 7) is 1.13. The summed E-state index contributed by atoms with van der Waals surface area (Å²) < 4.78 is 0. The normalized spacial score (nSPS) is 48.0. The quantitative estimate of drug-likeness (QED) is 0.768. The molecule has 3 aliphatic rings. The highest BCUT2D eigenvalue weighted by Gasteiger charge is 2.43. The van der Waals surface area contributed by atoms with Gasteiger partial charge >= 0.3 is 0 Å². The van der Waals surface area contributed by atoms with Crippen LogP contribution < -0.4 is 0 Å². The Kier molecular flexibility index (Phi) is 3.42. The lowest BCUT2D eigenvalue weighted by atomic mass is 9.93. The lowest BCUT2D eigenvalue weighted by Crippen LogP contribution is -2.47. The van der Waals surface area contributed by atoms with Crippen LogP contribution in [0.2, 0.25) is 0 Å². The van der Waals surface area contributed by atoms with Crippen molar-refractivity contribution in [1.82, 2.24) is 4.90 Å². The van der Waals surface area contributed by atoms with E-state index in [0.29, 0.717) is 18.0 Å². The van der Waals surface area contributed by atoms with Crippen LogP contribution in [-0.2, 0) is 0 Å². The Balaban J connectivity index is 1.71. The van der Waals surface area contributed by atoms with Gasteiger partial charge in [-0.2, -0.15) is 0 Å². The van der Waals surface area contributed by atoms with Crippen LogP contribution in [0.4, 0.5) is 0 Å². The number of aliphatic hydroxyl groups is 2. The second-order valence-electron chi connectivity index (χ2n) is 6.18. The number of hydrogen-bond acceptors (Lipinski definition) is 3. The van der Waals surface area contributed by atoms with Crippen molar-refractivity contribution in [1.29, 1.82) is 0 Å². The zero-order valence-electron chi connectivity index (χ0n) is 10.6. The van der Waals surface area contributed by atoms with Gasteiger partial charge in [0, 0.05) is 18.0 Å². The molecule has 1 heterocycles. The highest BCUT2D eigenvalue weighted by atomic mass is 16.3. The van der Waals surface area contributed by atoms with Crippen molar-refractivity contribution in [3.63, 3.8) is 0 Å². The largest absolute Gasteiger partial charge is 0.393 e. The second kappa shape index (κ2) is 4.87. The van der Waals surface area contributed by atoms with Gasteiger partial charge in [-0.1, -0.05) is 6.42 Å². The summed E-state index contributed by atoms with van der Waals surface area (Å²) in [6, 6.07) is 0.931. The number of likely N-dealkylation sites (tertiary alicyclic amines) is 1. The summed E-state index contributed by atoms with van der Waals surface area (Å²) in [5.74, 6) is 0.477. The van der Waals surface area contributed by atoms with Crippen molar-refractivity contribution in [3.8, 4) is 0 Å². The van der Waals surface area contributed by atoms with Crippen molar-refractivity contribution in [2.24, 2.45) is 5.92 Å². The molecule has 2 N–H and O–H groups in total. The van der Waals surface area contributed by atoms with E-state index in [1.807, 2.05) is 0 Å². The summed E-state index contributed by atoms with van der Waals surface area (Å²) >= 11 is 0. The van der Waals surface area contributed by atoms with Crippen LogP contribution in [0.1, 0.15) is 51.4 Å². The zero-order chi connectivity index (χ0) is 11.8. The Labute approximate surface area is 104 Å². The fourth-order valence-corrected chi connectivity index (χ4v) is 4.41. The molecule has 2 aliphatic carbocycles. The predicted octanol–water partition coefficient (Wildman–Crippen LogP) is 1.53. The Morgan fingerprint density at radius 3 is 2.06 bits per heavy atom. The number of rotatable bonds is 2. The minimum Gasteiger partial charge on any atom is -0.393 e. The first-order chi connectivity index (χ1) is 8.27. The van der Waals surface area contributed by atoms with E-state index < -0.39 is 0 Å². The van der Waals surface area contributed by atoms with Gasteiger partial charge in [-0.3, -0.25) is 4.90 Å². The summed E-state index contributed by atoms with van der Waals surface area (Å²) in [5, 5.41) is 20.2. The van der Waals surface area contributed by atoms with Crippen LogP contribution in [-0.4, -0.2) is 45.9 Å². The van der Waals surface area contributed by atoms with Gasteiger partial charge in [-0.05, 0) is 51.5 Å². The molecule has 3 fully saturated rings. The van der Waals surface area contributed by atoms with Crippen molar-refractivity contribution >= 4 is 0 Å². The van der Waals surface area contributed by atoms with Crippen molar-refractivity contribution in [2.75, 3.05) is 6.54 Å². The molecule has 0 radical (unpaired) electrons. The maximum Gasteiger partial charge on any atom is 0.0695 e. The third-order valence-corrected chi connectivity index (χ3v) is 5.24. The van der Waals surface area contributed by atoms with Crippen LogP contribution in [0.3, 0.4) is 0 Å². The van der Waals surface area contributed by atoms with Gasteiger partial charge in [0.1, 0.15) is 0 Å². The van der Waals surface area contributed by atoms with Gasteiger partial charge in [-0.15, -0.1) is 0 Å². The van der Waals surface area contributed by atoms with E-state index in [0.717, 1.165) is 25.8 Å². The first kappa shape index (κ1) is 11.9. The Morgan fingerprint density at radius 2 is 1.41 bits per heavy atom. The molecule has 5 atom stereocenters. The molecule has 0 spiro atoms. The van der Waals surface area contributed by atoms with E-state index in [1.165, 1.54) is 32.1 Å². The van der Waals surface area contributed by atoms with E-state index >= 15 is 0 Å². The molecule has 1 aliphatic heterocycles. The molecule has 1 saturated heterocycles. The topological polar surface area (TPSA) is 43.7 Å². The number of aliphatic hydroxyl groups excluding tert-OH is 2. The standard InChI is InChI=1S/C14H25NO2/c16-13-7-1-4-10(13)11-6-3-9-15(11)12-5-2-8-14(12)17/h10-14,16-17H,1-9H2. The van der Waals surface area contributed by atoms with Gasteiger partial charge in [0.05, 0.1) is 12.2 Å². The summed E-state index contributed by atoms with van der Waals surface area (Å²) in [7, 11) is 0. The van der Waals surface area contributed by atoms with Gasteiger partial charge in [0.15, 0.2) is 0 Å².